The Morgan fingerprint density at radius 2 is 1.60 bits per heavy atom. The summed E-state index contributed by atoms with van der Waals surface area (Å²) in [7, 11) is 0. The third-order valence-corrected chi connectivity index (χ3v) is 8.10. The molecule has 45 heavy (non-hydrogen) atoms. The molecule has 0 aliphatic rings. The van der Waals surface area contributed by atoms with Gasteiger partial charge in [-0.15, -0.1) is 10.2 Å². The average Bonchev–Trinajstić information content (AvgIpc) is 3.52. The number of carbonyl (C=O) groups excluding carboxylic acids is 1. The normalized spacial score (nSPS) is 13.6. The third-order valence-electron chi connectivity index (χ3n) is 8.10. The molecule has 2 atom stereocenters. The molecule has 0 unspecified atom stereocenters. The van der Waals surface area contributed by atoms with E-state index in [2.05, 4.69) is 16.3 Å². The van der Waals surface area contributed by atoms with Gasteiger partial charge in [-0.05, 0) is 51.2 Å². The van der Waals surface area contributed by atoms with Crippen molar-refractivity contribution in [2.75, 3.05) is 6.54 Å². The summed E-state index contributed by atoms with van der Waals surface area (Å²) in [6.45, 7) is 15.7. The topological polar surface area (TPSA) is 125 Å². The van der Waals surface area contributed by atoms with Gasteiger partial charge in [-0.1, -0.05) is 87.9 Å². The van der Waals surface area contributed by atoms with Crippen molar-refractivity contribution >= 4 is 5.91 Å². The van der Waals surface area contributed by atoms with E-state index in [1.54, 1.807) is 11.0 Å². The first-order valence-electron chi connectivity index (χ1n) is 15.6. The number of benzene rings is 2. The first kappa shape index (κ1) is 33.8. The van der Waals surface area contributed by atoms with Gasteiger partial charge in [0.1, 0.15) is 12.1 Å². The first-order chi connectivity index (χ1) is 21.1. The Morgan fingerprint density at radius 1 is 0.933 bits per heavy atom. The maximum atomic E-state index is 14.7. The van der Waals surface area contributed by atoms with Crippen LogP contribution in [-0.2, 0) is 24.1 Å². The minimum Gasteiger partial charge on any atom is -0.494 e. The highest BCUT2D eigenvalue weighted by Gasteiger charge is 2.42. The number of hydrogen-bond acceptors (Lipinski definition) is 7. The van der Waals surface area contributed by atoms with Crippen LogP contribution in [0.5, 0.6) is 11.8 Å². The number of aryl methyl sites for hydroxylation is 1. The number of aliphatic hydroxyl groups is 1. The Morgan fingerprint density at radius 3 is 2.22 bits per heavy atom. The van der Waals surface area contributed by atoms with E-state index in [1.807, 2.05) is 104 Å². The first-order valence-corrected chi connectivity index (χ1v) is 15.6. The number of aromatic nitrogens is 3. The van der Waals surface area contributed by atoms with Crippen LogP contribution in [0.15, 0.2) is 65.1 Å². The Labute approximate surface area is 266 Å². The van der Waals surface area contributed by atoms with Crippen LogP contribution in [0.3, 0.4) is 0 Å². The largest absolute Gasteiger partial charge is 0.494 e. The zero-order chi connectivity index (χ0) is 33.1. The fraction of sp³-hybridized carbons (Fsp3) is 0.472. The number of nitrogens with zero attached hydrogens (tertiary/aromatic N) is 4. The molecule has 0 spiro atoms. The van der Waals surface area contributed by atoms with Crippen molar-refractivity contribution in [3.8, 4) is 11.8 Å². The highest BCUT2D eigenvalue weighted by molar-refractivity contribution is 5.82. The summed E-state index contributed by atoms with van der Waals surface area (Å²) in [5.74, 6) is 0.143. The van der Waals surface area contributed by atoms with Crippen LogP contribution >= 0.6 is 0 Å². The molecular weight excluding hydrogens is 568 g/mol. The van der Waals surface area contributed by atoms with E-state index in [0.29, 0.717) is 24.3 Å². The summed E-state index contributed by atoms with van der Waals surface area (Å²) in [6.07, 6.45) is 0.0836. The zero-order valence-corrected chi connectivity index (χ0v) is 27.8. The van der Waals surface area contributed by atoms with Gasteiger partial charge < -0.3 is 24.6 Å². The molecule has 0 aliphatic carbocycles. The molecule has 3 N–H and O–H groups in total. The van der Waals surface area contributed by atoms with Crippen molar-refractivity contribution in [3.05, 3.63) is 94.7 Å². The number of rotatable bonds is 12. The van der Waals surface area contributed by atoms with E-state index >= 15 is 0 Å². The van der Waals surface area contributed by atoms with Gasteiger partial charge >= 0.3 is 0 Å². The lowest BCUT2D eigenvalue weighted by Gasteiger charge is -2.43. The van der Waals surface area contributed by atoms with Gasteiger partial charge in [0.2, 0.25) is 17.7 Å². The second-order valence-electron chi connectivity index (χ2n) is 14.2. The molecule has 1 amide bonds. The van der Waals surface area contributed by atoms with E-state index in [9.17, 15) is 20.1 Å². The van der Waals surface area contributed by atoms with Crippen molar-refractivity contribution in [1.82, 2.24) is 19.7 Å². The Kier molecular flexibility index (Phi) is 10.1. The monoisotopic (exact) mass is 616 g/mol. The van der Waals surface area contributed by atoms with Gasteiger partial charge in [0, 0.05) is 35.5 Å². The van der Waals surface area contributed by atoms with Crippen LogP contribution < -0.4 is 0 Å². The zero-order valence-electron chi connectivity index (χ0n) is 27.8. The molecule has 0 saturated carbocycles. The van der Waals surface area contributed by atoms with E-state index in [-0.39, 0.29) is 42.4 Å². The molecule has 9 heteroatoms. The van der Waals surface area contributed by atoms with Crippen molar-refractivity contribution in [1.29, 1.82) is 0 Å². The summed E-state index contributed by atoms with van der Waals surface area (Å²) in [5.41, 5.74) is 2.05. The van der Waals surface area contributed by atoms with Crippen LogP contribution in [-0.4, -0.2) is 53.0 Å². The fourth-order valence-electron chi connectivity index (χ4n) is 5.68. The van der Waals surface area contributed by atoms with Gasteiger partial charge in [0.25, 0.3) is 0 Å². The molecule has 0 fully saturated rings. The molecule has 0 saturated heterocycles. The average molecular weight is 617 g/mol. The van der Waals surface area contributed by atoms with Crippen molar-refractivity contribution in [2.24, 2.45) is 11.3 Å². The van der Waals surface area contributed by atoms with Gasteiger partial charge in [0.05, 0.1) is 6.42 Å². The van der Waals surface area contributed by atoms with Crippen molar-refractivity contribution < 1.29 is 24.5 Å². The molecule has 9 nitrogen and oxygen atoms in total. The molecule has 242 valence electrons. The van der Waals surface area contributed by atoms with Crippen molar-refractivity contribution in [3.63, 3.8) is 0 Å². The summed E-state index contributed by atoms with van der Waals surface area (Å²) in [5, 5.41) is 42.2. The lowest BCUT2D eigenvalue weighted by molar-refractivity contribution is -0.144. The SMILES string of the molecule is Cc1cccc(Cc2nnc([C@H](O)C(C)(C)CN(C(=O)[C@H](Cc3ccccc3)n3c(O)cc(CC(C)C)c3O)C(C)(C)C)o2)c1. The van der Waals surface area contributed by atoms with E-state index < -0.39 is 23.1 Å². The lowest BCUT2D eigenvalue weighted by Crippen LogP contribution is -2.53. The highest BCUT2D eigenvalue weighted by atomic mass is 16.4. The number of amides is 1. The predicted octanol–water partition coefficient (Wildman–Crippen LogP) is 6.55. The van der Waals surface area contributed by atoms with Crippen LogP contribution in [0, 0.1) is 18.3 Å². The minimum absolute atomic E-state index is 0.0869. The Balaban J connectivity index is 1.65. The predicted molar refractivity (Wildman–Crippen MR) is 174 cm³/mol. The number of carbonyl (C=O) groups is 1. The second-order valence-corrected chi connectivity index (χ2v) is 14.2. The molecule has 0 aliphatic heterocycles. The van der Waals surface area contributed by atoms with Crippen LogP contribution in [0.4, 0.5) is 0 Å². The maximum absolute atomic E-state index is 14.7. The van der Waals surface area contributed by atoms with E-state index in [1.165, 1.54) is 4.57 Å². The van der Waals surface area contributed by atoms with Gasteiger partial charge in [0.15, 0.2) is 11.8 Å². The maximum Gasteiger partial charge on any atom is 0.246 e. The van der Waals surface area contributed by atoms with E-state index in [4.69, 9.17) is 4.42 Å². The van der Waals surface area contributed by atoms with Crippen LogP contribution in [0.1, 0.15) is 94.6 Å². The summed E-state index contributed by atoms with van der Waals surface area (Å²) in [4.78, 5) is 16.4. The molecule has 4 rings (SSSR count). The quantitative estimate of drug-likeness (QED) is 0.165. The highest BCUT2D eigenvalue weighted by Crippen LogP contribution is 2.39. The molecule has 0 bridgehead atoms. The second kappa shape index (κ2) is 13.5. The Hall–Kier alpha value is -4.11. The molecule has 4 aromatic rings. The smallest absolute Gasteiger partial charge is 0.246 e. The minimum atomic E-state index is -1.16. The molecule has 2 aromatic heterocycles. The fourth-order valence-corrected chi connectivity index (χ4v) is 5.68. The molecule has 2 heterocycles. The van der Waals surface area contributed by atoms with Gasteiger partial charge in [-0.2, -0.15) is 0 Å². The van der Waals surface area contributed by atoms with Crippen molar-refractivity contribution in [2.45, 2.75) is 92.3 Å². The number of aliphatic hydroxyl groups excluding tert-OH is 1. The van der Waals surface area contributed by atoms with Crippen LogP contribution in [0.2, 0.25) is 0 Å². The number of aromatic hydroxyl groups is 2. The Bertz CT molecular complexity index is 1580. The van der Waals surface area contributed by atoms with Gasteiger partial charge in [-0.25, -0.2) is 0 Å². The summed E-state index contributed by atoms with van der Waals surface area (Å²) in [6, 6.07) is 18.2. The van der Waals surface area contributed by atoms with Gasteiger partial charge in [-0.3, -0.25) is 9.36 Å². The molecule has 0 radical (unpaired) electrons. The summed E-state index contributed by atoms with van der Waals surface area (Å²) >= 11 is 0. The third kappa shape index (κ3) is 8.14. The van der Waals surface area contributed by atoms with Crippen LogP contribution in [0.25, 0.3) is 0 Å². The van der Waals surface area contributed by atoms with E-state index in [0.717, 1.165) is 16.7 Å². The summed E-state index contributed by atoms with van der Waals surface area (Å²) < 4.78 is 7.26. The lowest BCUT2D eigenvalue weighted by atomic mass is 9.84. The molecular formula is C36H48N4O5. The standard InChI is InChI=1S/C36H48N4O5/c1-23(2)17-27-21-30(41)40(33(27)43)28(19-25-14-10-9-11-15-25)34(44)39(35(4,5)6)22-36(7,8)31(42)32-38-37-29(45-32)20-26-16-12-13-24(3)18-26/h9-16,18,21,23,28,31,41-43H,17,19-20,22H2,1-8H3/t28-,31-/m0/s1. The number of hydrogen-bond donors (Lipinski definition) is 3. The molecule has 2 aromatic carbocycles.